The third-order valence-electron chi connectivity index (χ3n) is 4.99. The van der Waals surface area contributed by atoms with Crippen LogP contribution in [0.3, 0.4) is 0 Å². The molecule has 0 bridgehead atoms. The second-order valence-electron chi connectivity index (χ2n) is 6.72. The number of pyridine rings is 2. The molecule has 138 valence electrons. The third-order valence-corrected chi connectivity index (χ3v) is 4.99. The largest absolute Gasteiger partial charge is 3.00 e. The predicted octanol–water partition coefficient (Wildman–Crippen LogP) is 6.77. The van der Waals surface area contributed by atoms with Crippen molar-refractivity contribution in [3.63, 3.8) is 0 Å². The molecule has 0 unspecified atom stereocenters. The van der Waals surface area contributed by atoms with E-state index in [0.29, 0.717) is 0 Å². The van der Waals surface area contributed by atoms with Gasteiger partial charge in [0.2, 0.25) is 0 Å². The molecule has 3 heteroatoms. The van der Waals surface area contributed by atoms with Gasteiger partial charge in [-0.25, -0.2) is 0 Å². The summed E-state index contributed by atoms with van der Waals surface area (Å²) in [5.41, 5.74) is 2.18. The van der Waals surface area contributed by atoms with Gasteiger partial charge in [0.05, 0.1) is 11.0 Å². The Hall–Kier alpha value is -3.13. The van der Waals surface area contributed by atoms with Gasteiger partial charge >= 0.3 is 20.1 Å². The van der Waals surface area contributed by atoms with Crippen molar-refractivity contribution < 1.29 is 20.1 Å². The average molecular weight is 551 g/mol. The molecular weight excluding hydrogens is 533 g/mol. The zero-order chi connectivity index (χ0) is 18.8. The molecule has 6 aromatic rings. The van der Waals surface area contributed by atoms with Crippen molar-refractivity contribution in [2.75, 3.05) is 0 Å². The molecule has 0 radical (unpaired) electrons. The van der Waals surface area contributed by atoms with Gasteiger partial charge in [-0.05, 0) is 22.9 Å². The fourth-order valence-electron chi connectivity index (χ4n) is 3.63. The Morgan fingerprint density at radius 3 is 1.24 bits per heavy atom. The van der Waals surface area contributed by atoms with Crippen LogP contribution in [-0.2, 0) is 20.1 Å². The van der Waals surface area contributed by atoms with Gasteiger partial charge in [0.15, 0.2) is 0 Å². The Kier molecular flexibility index (Phi) is 5.62. The van der Waals surface area contributed by atoms with Crippen molar-refractivity contribution in [2.45, 2.75) is 0 Å². The Bertz CT molecular complexity index is 1210. The van der Waals surface area contributed by atoms with Crippen LogP contribution in [0, 0.1) is 0 Å². The third kappa shape index (κ3) is 3.75. The van der Waals surface area contributed by atoms with Gasteiger partial charge in [0.25, 0.3) is 0 Å². The molecule has 0 atom stereocenters. The Labute approximate surface area is 182 Å². The number of rotatable bonds is 0. The topological polar surface area (TPSA) is 25.8 Å². The van der Waals surface area contributed by atoms with Crippen LogP contribution in [0.4, 0.5) is 0 Å². The first-order valence-corrected chi connectivity index (χ1v) is 9.35. The molecule has 0 saturated heterocycles. The second kappa shape index (κ2) is 8.48. The van der Waals surface area contributed by atoms with Crippen molar-refractivity contribution in [1.29, 1.82) is 0 Å². The molecule has 2 aromatic heterocycles. The van der Waals surface area contributed by atoms with Gasteiger partial charge < -0.3 is 0 Å². The summed E-state index contributed by atoms with van der Waals surface area (Å²) in [6.07, 6.45) is 3.68. The molecular formula is C26H18IrN2+3. The van der Waals surface area contributed by atoms with E-state index in [2.05, 4.69) is 94.9 Å². The molecule has 2 nitrogen and oxygen atoms in total. The van der Waals surface area contributed by atoms with Crippen molar-refractivity contribution >= 4 is 43.4 Å². The maximum atomic E-state index is 4.41. The van der Waals surface area contributed by atoms with Crippen LogP contribution in [-0.4, -0.2) is 9.97 Å². The van der Waals surface area contributed by atoms with Gasteiger partial charge in [-0.15, -0.1) is 0 Å². The summed E-state index contributed by atoms with van der Waals surface area (Å²) in [7, 11) is 0. The maximum Gasteiger partial charge on any atom is 3.00 e. The van der Waals surface area contributed by atoms with Gasteiger partial charge in [-0.1, -0.05) is 84.9 Å². The summed E-state index contributed by atoms with van der Waals surface area (Å²) in [5, 5.41) is 7.35. The van der Waals surface area contributed by atoms with Gasteiger partial charge in [0, 0.05) is 33.9 Å². The van der Waals surface area contributed by atoms with E-state index in [1.54, 1.807) is 0 Å². The number of nitrogens with zero attached hydrogens (tertiary/aromatic N) is 2. The van der Waals surface area contributed by atoms with Crippen molar-refractivity contribution in [3.05, 3.63) is 109 Å². The average Bonchev–Trinajstić information content (AvgIpc) is 2.79. The minimum absolute atomic E-state index is 0. The molecule has 0 N–H and O–H groups in total. The number of aromatic nitrogens is 2. The van der Waals surface area contributed by atoms with Crippen molar-refractivity contribution in [2.24, 2.45) is 0 Å². The number of hydrogen-bond acceptors (Lipinski definition) is 2. The monoisotopic (exact) mass is 551 g/mol. The minimum Gasteiger partial charge on any atom is -0.256 e. The zero-order valence-electron chi connectivity index (χ0n) is 15.6. The second-order valence-corrected chi connectivity index (χ2v) is 6.72. The van der Waals surface area contributed by atoms with Crippen LogP contribution in [0.5, 0.6) is 0 Å². The molecule has 0 aliphatic heterocycles. The Morgan fingerprint density at radius 1 is 0.379 bits per heavy atom. The molecule has 29 heavy (non-hydrogen) atoms. The van der Waals surface area contributed by atoms with Crippen LogP contribution >= 0.6 is 0 Å². The van der Waals surface area contributed by atoms with Crippen molar-refractivity contribution in [1.82, 2.24) is 9.97 Å². The van der Waals surface area contributed by atoms with E-state index in [9.17, 15) is 0 Å². The minimum atomic E-state index is 0. The van der Waals surface area contributed by atoms with Crippen LogP contribution < -0.4 is 0 Å². The molecule has 0 aliphatic carbocycles. The first-order chi connectivity index (χ1) is 13.9. The Morgan fingerprint density at radius 2 is 0.759 bits per heavy atom. The predicted molar refractivity (Wildman–Crippen MR) is 118 cm³/mol. The van der Waals surface area contributed by atoms with E-state index in [1.807, 2.05) is 24.5 Å². The fraction of sp³-hybridized carbons (Fsp3) is 0. The van der Waals surface area contributed by atoms with Crippen molar-refractivity contribution in [3.8, 4) is 0 Å². The maximum absolute atomic E-state index is 4.41. The summed E-state index contributed by atoms with van der Waals surface area (Å²) < 4.78 is 0. The van der Waals surface area contributed by atoms with Gasteiger partial charge in [0.1, 0.15) is 0 Å². The van der Waals surface area contributed by atoms with Crippen LogP contribution in [0.25, 0.3) is 43.4 Å². The summed E-state index contributed by atoms with van der Waals surface area (Å²) in [6, 6.07) is 33.3. The van der Waals surface area contributed by atoms with E-state index < -0.39 is 0 Å². The molecule has 0 saturated carbocycles. The van der Waals surface area contributed by atoms with E-state index in [1.165, 1.54) is 32.3 Å². The van der Waals surface area contributed by atoms with Gasteiger partial charge in [-0.3, -0.25) is 9.97 Å². The fourth-order valence-corrected chi connectivity index (χ4v) is 3.63. The van der Waals surface area contributed by atoms with E-state index in [0.717, 1.165) is 11.0 Å². The molecule has 6 rings (SSSR count). The summed E-state index contributed by atoms with van der Waals surface area (Å²) in [5.74, 6) is 0. The number of fused-ring (bicyclic) bond motifs is 6. The molecule has 0 fully saturated rings. The SMILES string of the molecule is [Ir+3].c1ccc2c(c1)ccc1cccnc12.c1ccc2c(c1)ccc1cccnc12. The summed E-state index contributed by atoms with van der Waals surface area (Å²) in [6.45, 7) is 0. The molecule has 2 heterocycles. The van der Waals surface area contributed by atoms with Crippen LogP contribution in [0.2, 0.25) is 0 Å². The van der Waals surface area contributed by atoms with E-state index in [4.69, 9.17) is 0 Å². The number of hydrogen-bond donors (Lipinski definition) is 0. The van der Waals surface area contributed by atoms with E-state index >= 15 is 0 Å². The molecule has 0 spiro atoms. The first-order valence-electron chi connectivity index (χ1n) is 9.35. The normalized spacial score (nSPS) is 10.5. The quantitative estimate of drug-likeness (QED) is 0.195. The molecule has 4 aromatic carbocycles. The first kappa shape index (κ1) is 19.2. The number of benzene rings is 4. The van der Waals surface area contributed by atoms with Crippen LogP contribution in [0.1, 0.15) is 0 Å². The Balaban J connectivity index is 0.000000137. The smallest absolute Gasteiger partial charge is 0.256 e. The van der Waals surface area contributed by atoms with Crippen LogP contribution in [0.15, 0.2) is 109 Å². The zero-order valence-corrected chi connectivity index (χ0v) is 18.0. The standard InChI is InChI=1S/2C13H9N.Ir/c2*1-2-6-12-10(4-1)7-8-11-5-3-9-14-13(11)12;/h2*1-9H;/q;;+3. The van der Waals surface area contributed by atoms with Gasteiger partial charge in [-0.2, -0.15) is 0 Å². The molecule has 0 amide bonds. The van der Waals surface area contributed by atoms with E-state index in [-0.39, 0.29) is 20.1 Å². The summed E-state index contributed by atoms with van der Waals surface area (Å²) in [4.78, 5) is 8.82. The molecule has 0 aliphatic rings. The summed E-state index contributed by atoms with van der Waals surface area (Å²) >= 11 is 0.